The van der Waals surface area contributed by atoms with Crippen molar-refractivity contribution in [3.05, 3.63) is 0 Å². The van der Waals surface area contributed by atoms with Gasteiger partial charge in [-0.25, -0.2) is 0 Å². The zero-order valence-corrected chi connectivity index (χ0v) is 12.4. The van der Waals surface area contributed by atoms with E-state index >= 15 is 0 Å². The molecule has 1 spiro atoms. The Morgan fingerprint density at radius 3 is 2.68 bits per heavy atom. The number of nitrogens with one attached hydrogen (secondary N) is 1. The first-order valence-corrected chi connectivity index (χ1v) is 7.54. The molecule has 4 nitrogen and oxygen atoms in total. The van der Waals surface area contributed by atoms with E-state index in [1.165, 1.54) is 0 Å². The van der Waals surface area contributed by atoms with E-state index < -0.39 is 0 Å². The number of imide groups is 1. The van der Waals surface area contributed by atoms with Crippen LogP contribution in [0.25, 0.3) is 0 Å². The summed E-state index contributed by atoms with van der Waals surface area (Å²) in [6.45, 7) is 9.55. The lowest BCUT2D eigenvalue weighted by molar-refractivity contribution is -0.146. The number of nitrogens with zero attached hydrogens (tertiary/aromatic N) is 1. The Morgan fingerprint density at radius 2 is 2.05 bits per heavy atom. The SMILES string of the molecule is CCN1CCCC2(CC1)CC(=O)NC(=O)C2C(C)C. The first-order chi connectivity index (χ1) is 8.98. The Balaban J connectivity index is 2.25. The maximum Gasteiger partial charge on any atom is 0.230 e. The molecule has 0 aliphatic carbocycles. The molecule has 0 bridgehead atoms. The van der Waals surface area contributed by atoms with Crippen LogP contribution in [0.5, 0.6) is 0 Å². The number of likely N-dealkylation sites (tertiary alicyclic amines) is 1. The number of hydrogen-bond acceptors (Lipinski definition) is 3. The molecule has 2 saturated heterocycles. The molecule has 108 valence electrons. The number of amides is 2. The lowest BCUT2D eigenvalue weighted by Crippen LogP contribution is -2.54. The van der Waals surface area contributed by atoms with Gasteiger partial charge in [0.15, 0.2) is 0 Å². The molecular formula is C15H26N2O2. The second-order valence-electron chi connectivity index (χ2n) is 6.46. The van der Waals surface area contributed by atoms with Crippen LogP contribution in [0.1, 0.15) is 46.5 Å². The molecule has 19 heavy (non-hydrogen) atoms. The van der Waals surface area contributed by atoms with Gasteiger partial charge < -0.3 is 4.90 Å². The van der Waals surface area contributed by atoms with E-state index in [0.717, 1.165) is 38.9 Å². The molecule has 2 atom stereocenters. The Morgan fingerprint density at radius 1 is 1.32 bits per heavy atom. The van der Waals surface area contributed by atoms with Crippen molar-refractivity contribution < 1.29 is 9.59 Å². The molecule has 4 heteroatoms. The van der Waals surface area contributed by atoms with Crippen LogP contribution in [-0.4, -0.2) is 36.3 Å². The smallest absolute Gasteiger partial charge is 0.230 e. The van der Waals surface area contributed by atoms with Gasteiger partial charge in [0, 0.05) is 12.3 Å². The van der Waals surface area contributed by atoms with Gasteiger partial charge in [0.1, 0.15) is 0 Å². The molecule has 2 unspecified atom stereocenters. The molecule has 1 N–H and O–H groups in total. The normalized spacial score (nSPS) is 33.6. The van der Waals surface area contributed by atoms with Crippen molar-refractivity contribution in [3.8, 4) is 0 Å². The number of carbonyl (C=O) groups is 2. The summed E-state index contributed by atoms with van der Waals surface area (Å²) >= 11 is 0. The van der Waals surface area contributed by atoms with Crippen molar-refractivity contribution in [1.29, 1.82) is 0 Å². The zero-order chi connectivity index (χ0) is 14.0. The van der Waals surface area contributed by atoms with Gasteiger partial charge in [-0.2, -0.15) is 0 Å². The fourth-order valence-electron chi connectivity index (χ4n) is 4.05. The van der Waals surface area contributed by atoms with E-state index in [9.17, 15) is 9.59 Å². The highest BCUT2D eigenvalue weighted by atomic mass is 16.2. The maximum absolute atomic E-state index is 12.2. The lowest BCUT2D eigenvalue weighted by atomic mass is 9.62. The molecule has 0 aromatic carbocycles. The second-order valence-corrected chi connectivity index (χ2v) is 6.46. The number of rotatable bonds is 2. The summed E-state index contributed by atoms with van der Waals surface area (Å²) in [5, 5.41) is 2.54. The third-order valence-corrected chi connectivity index (χ3v) is 4.91. The van der Waals surface area contributed by atoms with Gasteiger partial charge in [-0.15, -0.1) is 0 Å². The summed E-state index contributed by atoms with van der Waals surface area (Å²) < 4.78 is 0. The van der Waals surface area contributed by atoms with E-state index in [0.29, 0.717) is 12.3 Å². The summed E-state index contributed by atoms with van der Waals surface area (Å²) in [5.74, 6) is 0.159. The lowest BCUT2D eigenvalue weighted by Gasteiger charge is -2.44. The van der Waals surface area contributed by atoms with E-state index in [2.05, 4.69) is 31.0 Å². The standard InChI is InChI=1S/C15H26N2O2/c1-4-17-8-5-6-15(7-9-17)10-12(18)16-14(19)13(15)11(2)3/h11,13H,4-10H2,1-3H3,(H,16,18,19). The van der Waals surface area contributed by atoms with Crippen molar-refractivity contribution in [3.63, 3.8) is 0 Å². The van der Waals surface area contributed by atoms with Gasteiger partial charge in [-0.05, 0) is 50.2 Å². The quantitative estimate of drug-likeness (QED) is 0.775. The summed E-state index contributed by atoms with van der Waals surface area (Å²) in [5.41, 5.74) is -0.0997. The van der Waals surface area contributed by atoms with Crippen molar-refractivity contribution >= 4 is 11.8 Å². The third kappa shape index (κ3) is 2.83. The number of hydrogen-bond donors (Lipinski definition) is 1. The topological polar surface area (TPSA) is 49.4 Å². The van der Waals surface area contributed by atoms with Crippen molar-refractivity contribution in [2.75, 3.05) is 19.6 Å². The summed E-state index contributed by atoms with van der Waals surface area (Å²) in [6.07, 6.45) is 3.60. The molecule has 2 amide bonds. The van der Waals surface area contributed by atoms with Gasteiger partial charge in [-0.3, -0.25) is 14.9 Å². The number of piperidine rings is 1. The van der Waals surface area contributed by atoms with Gasteiger partial charge in [0.25, 0.3) is 0 Å². The minimum absolute atomic E-state index is 0.0120. The molecular weight excluding hydrogens is 240 g/mol. The molecule has 0 radical (unpaired) electrons. The number of carbonyl (C=O) groups excluding carboxylic acids is 2. The Kier molecular flexibility index (Phi) is 4.29. The zero-order valence-electron chi connectivity index (χ0n) is 12.4. The van der Waals surface area contributed by atoms with Crippen LogP contribution in [0, 0.1) is 17.3 Å². The Bertz CT molecular complexity index is 367. The third-order valence-electron chi connectivity index (χ3n) is 4.91. The highest BCUT2D eigenvalue weighted by Crippen LogP contribution is 2.47. The van der Waals surface area contributed by atoms with Crippen molar-refractivity contribution in [2.24, 2.45) is 17.3 Å². The fourth-order valence-corrected chi connectivity index (χ4v) is 4.05. The highest BCUT2D eigenvalue weighted by Gasteiger charge is 2.49. The second kappa shape index (κ2) is 5.61. The predicted molar refractivity (Wildman–Crippen MR) is 74.5 cm³/mol. The van der Waals surface area contributed by atoms with Crippen LogP contribution in [-0.2, 0) is 9.59 Å². The van der Waals surface area contributed by atoms with Crippen LogP contribution in [0.4, 0.5) is 0 Å². The predicted octanol–water partition coefficient (Wildman–Crippen LogP) is 1.80. The molecule has 2 rings (SSSR count). The fraction of sp³-hybridized carbons (Fsp3) is 0.867. The van der Waals surface area contributed by atoms with E-state index in [4.69, 9.17) is 0 Å². The van der Waals surface area contributed by atoms with Crippen molar-refractivity contribution in [1.82, 2.24) is 10.2 Å². The molecule has 0 aromatic rings. The monoisotopic (exact) mass is 266 g/mol. The van der Waals surface area contributed by atoms with Crippen LogP contribution >= 0.6 is 0 Å². The summed E-state index contributed by atoms with van der Waals surface area (Å²) in [4.78, 5) is 26.5. The van der Waals surface area contributed by atoms with E-state index in [1.54, 1.807) is 0 Å². The van der Waals surface area contributed by atoms with Crippen molar-refractivity contribution in [2.45, 2.75) is 46.5 Å². The molecule has 2 aliphatic rings. The first kappa shape index (κ1) is 14.5. The Hall–Kier alpha value is -0.900. The van der Waals surface area contributed by atoms with Crippen LogP contribution in [0.15, 0.2) is 0 Å². The van der Waals surface area contributed by atoms with E-state index in [1.807, 2.05) is 0 Å². The van der Waals surface area contributed by atoms with Gasteiger partial charge in [0.05, 0.1) is 0 Å². The molecule has 2 heterocycles. The Labute approximate surface area is 115 Å². The minimum Gasteiger partial charge on any atom is -0.304 e. The van der Waals surface area contributed by atoms with Gasteiger partial charge in [-0.1, -0.05) is 20.8 Å². The van der Waals surface area contributed by atoms with Crippen LogP contribution in [0.2, 0.25) is 0 Å². The maximum atomic E-state index is 12.2. The van der Waals surface area contributed by atoms with Crippen LogP contribution < -0.4 is 5.32 Å². The average molecular weight is 266 g/mol. The highest BCUT2D eigenvalue weighted by molar-refractivity contribution is 5.99. The van der Waals surface area contributed by atoms with Gasteiger partial charge >= 0.3 is 0 Å². The molecule has 2 aliphatic heterocycles. The van der Waals surface area contributed by atoms with E-state index in [-0.39, 0.29) is 23.1 Å². The van der Waals surface area contributed by atoms with Gasteiger partial charge in [0.2, 0.25) is 11.8 Å². The largest absolute Gasteiger partial charge is 0.304 e. The first-order valence-electron chi connectivity index (χ1n) is 7.54. The summed E-state index contributed by atoms with van der Waals surface area (Å²) in [7, 11) is 0. The molecule has 0 saturated carbocycles. The van der Waals surface area contributed by atoms with Crippen LogP contribution in [0.3, 0.4) is 0 Å². The summed E-state index contributed by atoms with van der Waals surface area (Å²) in [6, 6.07) is 0. The molecule has 2 fully saturated rings. The minimum atomic E-state index is -0.0997. The average Bonchev–Trinajstić information content (AvgIpc) is 2.50. The molecule has 0 aromatic heterocycles.